The lowest BCUT2D eigenvalue weighted by Gasteiger charge is -2.01. The fraction of sp³-hybridized carbons (Fsp3) is 0.0714. The van der Waals surface area contributed by atoms with Crippen LogP contribution in [0.5, 0.6) is 0 Å². The average Bonchev–Trinajstić information content (AvgIpc) is 2.80. The van der Waals surface area contributed by atoms with E-state index in [2.05, 4.69) is 4.40 Å². The van der Waals surface area contributed by atoms with Crippen LogP contribution in [0, 0.1) is 0 Å². The van der Waals surface area contributed by atoms with Crippen LogP contribution < -0.4 is 4.80 Å². The summed E-state index contributed by atoms with van der Waals surface area (Å²) in [4.78, 5) is 0.377. The number of thiazole rings is 1. The van der Waals surface area contributed by atoms with Gasteiger partial charge in [0, 0.05) is 12.1 Å². The van der Waals surface area contributed by atoms with Crippen LogP contribution >= 0.6 is 46.1 Å². The van der Waals surface area contributed by atoms with Gasteiger partial charge in [0.25, 0.3) is 10.0 Å². The highest BCUT2D eigenvalue weighted by atomic mass is 35.5. The van der Waals surface area contributed by atoms with Crippen LogP contribution in [-0.4, -0.2) is 13.0 Å². The molecule has 0 bridgehead atoms. The monoisotopic (exact) mass is 406 g/mol. The lowest BCUT2D eigenvalue weighted by atomic mass is 10.3. The first-order valence-electron chi connectivity index (χ1n) is 6.30. The standard InChI is InChI=1S/C14H9Cl3N2O2S2/c1-19-13-11(7-6-10(16)12(13)17)22-14(19)18-23(20,21)9-4-2-8(15)3-5-9/h2-7H,1H3/b18-14-. The Morgan fingerprint density at radius 3 is 2.35 bits per heavy atom. The largest absolute Gasteiger partial charge is 0.318 e. The van der Waals surface area contributed by atoms with E-state index in [-0.39, 0.29) is 4.90 Å². The van der Waals surface area contributed by atoms with E-state index in [1.54, 1.807) is 23.7 Å². The highest BCUT2D eigenvalue weighted by Crippen LogP contribution is 2.31. The zero-order valence-electron chi connectivity index (χ0n) is 11.6. The van der Waals surface area contributed by atoms with E-state index in [0.717, 1.165) is 4.70 Å². The van der Waals surface area contributed by atoms with Crippen molar-refractivity contribution in [2.24, 2.45) is 11.4 Å². The predicted molar refractivity (Wildman–Crippen MR) is 95.0 cm³/mol. The van der Waals surface area contributed by atoms with Crippen molar-refractivity contribution >= 4 is 66.4 Å². The maximum Gasteiger partial charge on any atom is 0.285 e. The number of hydrogen-bond donors (Lipinski definition) is 0. The Bertz CT molecular complexity index is 1070. The number of aryl methyl sites for hydroxylation is 1. The van der Waals surface area contributed by atoms with Crippen molar-refractivity contribution in [3.63, 3.8) is 0 Å². The third-order valence-electron chi connectivity index (χ3n) is 3.17. The van der Waals surface area contributed by atoms with Gasteiger partial charge in [0.2, 0.25) is 4.80 Å². The third kappa shape index (κ3) is 3.14. The molecular formula is C14H9Cl3N2O2S2. The van der Waals surface area contributed by atoms with Crippen molar-refractivity contribution in [1.82, 2.24) is 4.57 Å². The number of sulfonamides is 1. The van der Waals surface area contributed by atoms with Crippen molar-refractivity contribution in [2.45, 2.75) is 4.90 Å². The number of hydrogen-bond acceptors (Lipinski definition) is 3. The summed E-state index contributed by atoms with van der Waals surface area (Å²) in [6, 6.07) is 9.29. The molecule has 0 N–H and O–H groups in total. The van der Waals surface area contributed by atoms with Gasteiger partial charge in [0.05, 0.1) is 25.2 Å². The molecule has 1 aromatic heterocycles. The van der Waals surface area contributed by atoms with Crippen LogP contribution in [0.3, 0.4) is 0 Å². The minimum Gasteiger partial charge on any atom is -0.318 e. The van der Waals surface area contributed by atoms with Crippen molar-refractivity contribution < 1.29 is 8.42 Å². The predicted octanol–water partition coefficient (Wildman–Crippen LogP) is 4.49. The van der Waals surface area contributed by atoms with Gasteiger partial charge in [-0.2, -0.15) is 8.42 Å². The number of halogens is 3. The molecule has 0 unspecified atom stereocenters. The molecule has 4 nitrogen and oxygen atoms in total. The fourth-order valence-corrected chi connectivity index (χ4v) is 4.90. The fourth-order valence-electron chi connectivity index (χ4n) is 2.02. The second-order valence-corrected chi connectivity index (χ2v) is 8.51. The van der Waals surface area contributed by atoms with E-state index >= 15 is 0 Å². The Morgan fingerprint density at radius 2 is 1.70 bits per heavy atom. The van der Waals surface area contributed by atoms with E-state index < -0.39 is 10.0 Å². The highest BCUT2D eigenvalue weighted by molar-refractivity contribution is 7.90. The normalized spacial score (nSPS) is 13.0. The minimum atomic E-state index is -3.84. The first-order valence-corrected chi connectivity index (χ1v) is 9.69. The van der Waals surface area contributed by atoms with Crippen LogP contribution in [-0.2, 0) is 17.1 Å². The molecule has 0 atom stereocenters. The van der Waals surface area contributed by atoms with Crippen LogP contribution in [0.2, 0.25) is 15.1 Å². The maximum atomic E-state index is 12.4. The molecule has 0 saturated carbocycles. The Morgan fingerprint density at radius 1 is 1.04 bits per heavy atom. The molecular weight excluding hydrogens is 399 g/mol. The molecule has 3 rings (SSSR count). The summed E-state index contributed by atoms with van der Waals surface area (Å²) in [7, 11) is -2.15. The summed E-state index contributed by atoms with van der Waals surface area (Å²) < 4.78 is 31.2. The Hall–Kier alpha value is -1.05. The molecule has 0 radical (unpaired) electrons. The average molecular weight is 408 g/mol. The lowest BCUT2D eigenvalue weighted by Crippen LogP contribution is -2.13. The number of aromatic nitrogens is 1. The van der Waals surface area contributed by atoms with E-state index in [9.17, 15) is 8.42 Å². The minimum absolute atomic E-state index is 0.0727. The SMILES string of the molecule is Cn1/c(=N/S(=O)(=O)c2ccc(Cl)cc2)sc2ccc(Cl)c(Cl)c21. The molecule has 0 fully saturated rings. The van der Waals surface area contributed by atoms with Crippen molar-refractivity contribution in [3.05, 3.63) is 56.3 Å². The van der Waals surface area contributed by atoms with Gasteiger partial charge in [-0.3, -0.25) is 0 Å². The summed E-state index contributed by atoms with van der Waals surface area (Å²) in [5.74, 6) is 0. The Kier molecular flexibility index (Phi) is 4.46. The smallest absolute Gasteiger partial charge is 0.285 e. The molecule has 0 saturated heterocycles. The number of benzene rings is 2. The topological polar surface area (TPSA) is 51.4 Å². The van der Waals surface area contributed by atoms with Crippen LogP contribution in [0.25, 0.3) is 10.2 Å². The Balaban J connectivity index is 2.23. The lowest BCUT2D eigenvalue weighted by molar-refractivity contribution is 0.596. The van der Waals surface area contributed by atoms with E-state index in [0.29, 0.717) is 25.4 Å². The van der Waals surface area contributed by atoms with Gasteiger partial charge in [-0.1, -0.05) is 46.1 Å². The van der Waals surface area contributed by atoms with Gasteiger partial charge in [0.1, 0.15) is 0 Å². The highest BCUT2D eigenvalue weighted by Gasteiger charge is 2.15. The number of fused-ring (bicyclic) bond motifs is 1. The van der Waals surface area contributed by atoms with E-state index in [4.69, 9.17) is 34.8 Å². The zero-order chi connectivity index (χ0) is 16.8. The van der Waals surface area contributed by atoms with Gasteiger partial charge in [0.15, 0.2) is 0 Å². The quantitative estimate of drug-likeness (QED) is 0.628. The number of nitrogens with zero attached hydrogens (tertiary/aromatic N) is 2. The summed E-state index contributed by atoms with van der Waals surface area (Å²) in [6.07, 6.45) is 0. The summed E-state index contributed by atoms with van der Waals surface area (Å²) in [6.45, 7) is 0. The molecule has 1 heterocycles. The zero-order valence-corrected chi connectivity index (χ0v) is 15.5. The van der Waals surface area contributed by atoms with Gasteiger partial charge in [-0.05, 0) is 36.4 Å². The first-order chi connectivity index (χ1) is 10.8. The van der Waals surface area contributed by atoms with Gasteiger partial charge >= 0.3 is 0 Å². The molecule has 0 amide bonds. The van der Waals surface area contributed by atoms with Gasteiger partial charge in [-0.15, -0.1) is 4.40 Å². The van der Waals surface area contributed by atoms with E-state index in [1.165, 1.54) is 35.6 Å². The van der Waals surface area contributed by atoms with Crippen molar-refractivity contribution in [1.29, 1.82) is 0 Å². The van der Waals surface area contributed by atoms with Crippen molar-refractivity contribution in [3.8, 4) is 0 Å². The first kappa shape index (κ1) is 16.8. The Labute approximate surface area is 151 Å². The summed E-state index contributed by atoms with van der Waals surface area (Å²) in [5, 5.41) is 1.23. The third-order valence-corrected chi connectivity index (χ3v) is 6.71. The maximum absolute atomic E-state index is 12.4. The molecule has 9 heteroatoms. The summed E-state index contributed by atoms with van der Waals surface area (Å²) in [5.41, 5.74) is 0.647. The summed E-state index contributed by atoms with van der Waals surface area (Å²) >= 11 is 19.2. The molecule has 2 aromatic carbocycles. The molecule has 0 aliphatic carbocycles. The van der Waals surface area contributed by atoms with Crippen molar-refractivity contribution in [2.75, 3.05) is 0 Å². The molecule has 0 aliphatic rings. The van der Waals surface area contributed by atoms with Crippen LogP contribution in [0.15, 0.2) is 45.7 Å². The van der Waals surface area contributed by atoms with Crippen LogP contribution in [0.4, 0.5) is 0 Å². The molecule has 0 aliphatic heterocycles. The molecule has 120 valence electrons. The van der Waals surface area contributed by atoms with Gasteiger partial charge in [-0.25, -0.2) is 0 Å². The molecule has 23 heavy (non-hydrogen) atoms. The second-order valence-electron chi connectivity index (χ2n) is 4.67. The molecule has 0 spiro atoms. The van der Waals surface area contributed by atoms with E-state index in [1.807, 2.05) is 0 Å². The van der Waals surface area contributed by atoms with Crippen LogP contribution in [0.1, 0.15) is 0 Å². The second kappa shape index (κ2) is 6.11. The molecule has 3 aromatic rings. The number of rotatable bonds is 2. The van der Waals surface area contributed by atoms with Gasteiger partial charge < -0.3 is 4.57 Å².